The average molecular weight is 246 g/mol. The number of Topliss-reactive ketones (excluding diaryl/α,β-unsaturated/α-hetero) is 1. The zero-order valence-electron chi connectivity index (χ0n) is 9.86. The van der Waals surface area contributed by atoms with E-state index >= 15 is 0 Å². The second kappa shape index (κ2) is 4.67. The van der Waals surface area contributed by atoms with Crippen molar-refractivity contribution in [2.45, 2.75) is 20.3 Å². The number of nitrogen functional groups attached to an aromatic ring is 1. The van der Waals surface area contributed by atoms with Crippen LogP contribution in [0.15, 0.2) is 23.6 Å². The van der Waals surface area contributed by atoms with Crippen LogP contribution in [0.3, 0.4) is 0 Å². The number of aryl methyl sites for hydroxylation is 2. The number of ketones is 1. The molecule has 1 heterocycles. The molecule has 1 aromatic heterocycles. The third-order valence-electron chi connectivity index (χ3n) is 2.58. The predicted molar refractivity (Wildman–Crippen MR) is 70.5 cm³/mol. The normalized spacial score (nSPS) is 10.5. The number of aromatic nitrogens is 1. The van der Waals surface area contributed by atoms with E-state index in [0.29, 0.717) is 17.7 Å². The lowest BCUT2D eigenvalue weighted by atomic mass is 10.1. The van der Waals surface area contributed by atoms with Crippen LogP contribution in [0.5, 0.6) is 0 Å². The molecule has 0 aliphatic heterocycles. The van der Waals surface area contributed by atoms with Crippen molar-refractivity contribution in [3.8, 4) is 0 Å². The fourth-order valence-corrected chi connectivity index (χ4v) is 2.31. The van der Waals surface area contributed by atoms with E-state index in [1.165, 1.54) is 11.3 Å². The van der Waals surface area contributed by atoms with Gasteiger partial charge in [-0.1, -0.05) is 12.1 Å². The first-order valence-electron chi connectivity index (χ1n) is 5.36. The van der Waals surface area contributed by atoms with Gasteiger partial charge in [-0.2, -0.15) is 0 Å². The Morgan fingerprint density at radius 2 is 2.18 bits per heavy atom. The molecule has 0 spiro atoms. The van der Waals surface area contributed by atoms with Crippen molar-refractivity contribution >= 4 is 22.8 Å². The number of hydrogen-bond donors (Lipinski definition) is 1. The first-order chi connectivity index (χ1) is 8.06. The Kier molecular flexibility index (Phi) is 3.24. The van der Waals surface area contributed by atoms with E-state index in [-0.39, 0.29) is 5.78 Å². The molecule has 0 bridgehead atoms. The number of thiazole rings is 1. The molecule has 0 aliphatic rings. The van der Waals surface area contributed by atoms with Gasteiger partial charge in [0.05, 0.1) is 6.42 Å². The lowest BCUT2D eigenvalue weighted by Gasteiger charge is -2.03. The van der Waals surface area contributed by atoms with Gasteiger partial charge in [0, 0.05) is 22.3 Å². The monoisotopic (exact) mass is 246 g/mol. The third-order valence-corrected chi connectivity index (χ3v) is 3.55. The second-order valence-electron chi connectivity index (χ2n) is 4.05. The van der Waals surface area contributed by atoms with Crippen LogP contribution in [0.2, 0.25) is 0 Å². The predicted octanol–water partition coefficient (Wildman–Crippen LogP) is 2.77. The Balaban J connectivity index is 2.17. The number of carbonyl (C=O) groups is 1. The Morgan fingerprint density at radius 1 is 1.41 bits per heavy atom. The number of nitrogens with zero attached hydrogens (tertiary/aromatic N) is 1. The minimum Gasteiger partial charge on any atom is -0.398 e. The van der Waals surface area contributed by atoms with Crippen molar-refractivity contribution in [3.63, 3.8) is 0 Å². The van der Waals surface area contributed by atoms with Crippen LogP contribution >= 0.6 is 11.3 Å². The Hall–Kier alpha value is -1.68. The Morgan fingerprint density at radius 3 is 2.76 bits per heavy atom. The number of hydrogen-bond acceptors (Lipinski definition) is 4. The molecule has 0 saturated heterocycles. The van der Waals surface area contributed by atoms with E-state index in [1.54, 1.807) is 6.07 Å². The number of anilines is 1. The molecule has 0 aliphatic carbocycles. The van der Waals surface area contributed by atoms with Gasteiger partial charge in [0.2, 0.25) is 0 Å². The van der Waals surface area contributed by atoms with Gasteiger partial charge in [-0.25, -0.2) is 4.98 Å². The molecule has 3 nitrogen and oxygen atoms in total. The highest BCUT2D eigenvalue weighted by Gasteiger charge is 2.10. The van der Waals surface area contributed by atoms with Gasteiger partial charge in [0.1, 0.15) is 5.01 Å². The molecule has 2 rings (SSSR count). The van der Waals surface area contributed by atoms with Gasteiger partial charge in [-0.05, 0) is 25.5 Å². The summed E-state index contributed by atoms with van der Waals surface area (Å²) in [6.07, 6.45) is 0.348. The third kappa shape index (κ3) is 2.71. The lowest BCUT2D eigenvalue weighted by molar-refractivity contribution is 0.0993. The highest BCUT2D eigenvalue weighted by Crippen LogP contribution is 2.16. The molecule has 0 fully saturated rings. The number of benzene rings is 1. The molecule has 0 atom stereocenters. The van der Waals surface area contributed by atoms with E-state index < -0.39 is 0 Å². The van der Waals surface area contributed by atoms with E-state index in [0.717, 1.165) is 16.3 Å². The summed E-state index contributed by atoms with van der Waals surface area (Å²) in [5, 5.41) is 2.80. The first-order valence-corrected chi connectivity index (χ1v) is 6.24. The summed E-state index contributed by atoms with van der Waals surface area (Å²) < 4.78 is 0. The molecule has 1 aromatic carbocycles. The fourth-order valence-electron chi connectivity index (χ4n) is 1.54. The van der Waals surface area contributed by atoms with Crippen molar-refractivity contribution < 1.29 is 4.79 Å². The quantitative estimate of drug-likeness (QED) is 0.669. The van der Waals surface area contributed by atoms with Crippen LogP contribution in [0.1, 0.15) is 26.6 Å². The standard InChI is InChI=1S/C13H14N2OS/c1-8-3-4-10(5-11(8)14)12(16)6-13-15-9(2)7-17-13/h3-5,7H,6,14H2,1-2H3. The van der Waals surface area contributed by atoms with E-state index in [9.17, 15) is 4.79 Å². The maximum absolute atomic E-state index is 12.0. The van der Waals surface area contributed by atoms with E-state index in [1.807, 2.05) is 31.4 Å². The summed E-state index contributed by atoms with van der Waals surface area (Å²) in [6, 6.07) is 5.42. The summed E-state index contributed by atoms with van der Waals surface area (Å²) in [4.78, 5) is 16.3. The molecule has 2 aromatic rings. The van der Waals surface area contributed by atoms with Gasteiger partial charge in [0.15, 0.2) is 5.78 Å². The maximum Gasteiger partial charge on any atom is 0.169 e. The van der Waals surface area contributed by atoms with Gasteiger partial charge < -0.3 is 5.73 Å². The SMILES string of the molecule is Cc1csc(CC(=O)c2ccc(C)c(N)c2)n1. The minimum atomic E-state index is 0.0612. The van der Waals surface area contributed by atoms with Crippen molar-refractivity contribution in [1.82, 2.24) is 4.98 Å². The molecule has 0 amide bonds. The molecule has 0 saturated carbocycles. The number of rotatable bonds is 3. The first kappa shape index (κ1) is 11.8. The zero-order chi connectivity index (χ0) is 12.4. The fraction of sp³-hybridized carbons (Fsp3) is 0.231. The van der Waals surface area contributed by atoms with Crippen molar-refractivity contribution in [2.75, 3.05) is 5.73 Å². The zero-order valence-corrected chi connectivity index (χ0v) is 10.7. The topological polar surface area (TPSA) is 56.0 Å². The summed E-state index contributed by atoms with van der Waals surface area (Å²) >= 11 is 1.52. The van der Waals surface area contributed by atoms with Gasteiger partial charge >= 0.3 is 0 Å². The molecule has 2 N–H and O–H groups in total. The highest BCUT2D eigenvalue weighted by molar-refractivity contribution is 7.09. The molecule has 17 heavy (non-hydrogen) atoms. The molecular weight excluding hydrogens is 232 g/mol. The van der Waals surface area contributed by atoms with E-state index in [4.69, 9.17) is 5.73 Å². The highest BCUT2D eigenvalue weighted by atomic mass is 32.1. The van der Waals surface area contributed by atoms with Crippen LogP contribution in [-0.2, 0) is 6.42 Å². The van der Waals surface area contributed by atoms with Crippen molar-refractivity contribution in [2.24, 2.45) is 0 Å². The summed E-state index contributed by atoms with van der Waals surface area (Å²) in [7, 11) is 0. The van der Waals surface area contributed by atoms with Crippen LogP contribution in [0, 0.1) is 13.8 Å². The van der Waals surface area contributed by atoms with Crippen molar-refractivity contribution in [3.05, 3.63) is 45.4 Å². The maximum atomic E-state index is 12.0. The molecule has 88 valence electrons. The Bertz CT molecular complexity index is 560. The van der Waals surface area contributed by atoms with Crippen molar-refractivity contribution in [1.29, 1.82) is 0 Å². The summed E-state index contributed by atoms with van der Waals surface area (Å²) in [5.74, 6) is 0.0612. The molecule has 0 unspecified atom stereocenters. The van der Waals surface area contributed by atoms with Crippen LogP contribution < -0.4 is 5.73 Å². The number of carbonyl (C=O) groups excluding carboxylic acids is 1. The minimum absolute atomic E-state index is 0.0612. The van der Waals surface area contributed by atoms with Crippen LogP contribution in [0.4, 0.5) is 5.69 Å². The largest absolute Gasteiger partial charge is 0.398 e. The summed E-state index contributed by atoms with van der Waals surface area (Å²) in [5.41, 5.74) is 9.05. The lowest BCUT2D eigenvalue weighted by Crippen LogP contribution is -2.04. The molecule has 0 radical (unpaired) electrons. The molecule has 4 heteroatoms. The van der Waals surface area contributed by atoms with Gasteiger partial charge in [-0.15, -0.1) is 11.3 Å². The van der Waals surface area contributed by atoms with Gasteiger partial charge in [0.25, 0.3) is 0 Å². The average Bonchev–Trinajstić information content (AvgIpc) is 2.68. The second-order valence-corrected chi connectivity index (χ2v) is 5.00. The molecular formula is C13H14N2OS. The van der Waals surface area contributed by atoms with Gasteiger partial charge in [-0.3, -0.25) is 4.79 Å². The smallest absolute Gasteiger partial charge is 0.169 e. The Labute approximate surface area is 104 Å². The summed E-state index contributed by atoms with van der Waals surface area (Å²) in [6.45, 7) is 3.85. The number of nitrogens with two attached hydrogens (primary N) is 1. The van der Waals surface area contributed by atoms with E-state index in [2.05, 4.69) is 4.98 Å². The van der Waals surface area contributed by atoms with Crippen LogP contribution in [-0.4, -0.2) is 10.8 Å². The van der Waals surface area contributed by atoms with Crippen LogP contribution in [0.25, 0.3) is 0 Å².